The van der Waals surface area contributed by atoms with Crippen LogP contribution in [0.1, 0.15) is 153 Å². The van der Waals surface area contributed by atoms with Gasteiger partial charge in [-0.25, -0.2) is 4.79 Å². The van der Waals surface area contributed by atoms with Gasteiger partial charge in [0.15, 0.2) is 0 Å². The van der Waals surface area contributed by atoms with Gasteiger partial charge < -0.3 is 48.3 Å². The van der Waals surface area contributed by atoms with E-state index in [4.69, 9.17) is 11.5 Å². The number of carboxylic acid groups (broad SMARTS) is 1. The third-order valence-electron chi connectivity index (χ3n) is 12.5. The molecule has 0 saturated heterocycles. The number of carbonyl (C=O) groups excluding carboxylic acids is 7. The lowest BCUT2D eigenvalue weighted by atomic mass is 9.83. The van der Waals surface area contributed by atoms with Crippen molar-refractivity contribution in [3.8, 4) is 0 Å². The lowest BCUT2D eigenvalue weighted by molar-refractivity contribution is -0.142. The predicted octanol–water partition coefficient (Wildman–Crippen LogP) is 4.15. The van der Waals surface area contributed by atoms with Crippen LogP contribution in [0, 0.1) is 5.92 Å². The van der Waals surface area contributed by atoms with Crippen molar-refractivity contribution in [3.05, 3.63) is 71.8 Å². The fourth-order valence-corrected chi connectivity index (χ4v) is 8.59. The average molecular weight is 948 g/mol. The maximum absolute atomic E-state index is 13.7. The summed E-state index contributed by atoms with van der Waals surface area (Å²) in [4.78, 5) is 102. The number of hydrogen-bond acceptors (Lipinski definition) is 9. The summed E-state index contributed by atoms with van der Waals surface area (Å²) in [5, 5.41) is 33.4. The maximum atomic E-state index is 13.7. The van der Waals surface area contributed by atoms with E-state index >= 15 is 0 Å². The normalized spacial score (nSPS) is 15.3. The number of carbonyl (C=O) groups is 8. The van der Waals surface area contributed by atoms with E-state index < -0.39 is 84.1 Å². The lowest BCUT2D eigenvalue weighted by Crippen LogP contribution is -2.60. The molecule has 0 bridgehead atoms. The molecule has 0 radical (unpaired) electrons. The van der Waals surface area contributed by atoms with Crippen molar-refractivity contribution in [2.24, 2.45) is 17.4 Å². The largest absolute Gasteiger partial charge is 0.480 e. The number of aliphatic carboxylic acids is 1. The Morgan fingerprint density at radius 3 is 1.54 bits per heavy atom. The van der Waals surface area contributed by atoms with Crippen LogP contribution in [0.5, 0.6) is 0 Å². The van der Waals surface area contributed by atoms with Gasteiger partial charge in [0, 0.05) is 19.3 Å². The Hall–Kier alpha value is -5.84. The number of amides is 7. The highest BCUT2D eigenvalue weighted by Crippen LogP contribution is 2.27. The molecule has 6 atom stereocenters. The highest BCUT2D eigenvalue weighted by Gasteiger charge is 2.36. The summed E-state index contributed by atoms with van der Waals surface area (Å²) in [5.74, 6) is -5.61. The molecular formula is C51H77N7O10. The summed E-state index contributed by atoms with van der Waals surface area (Å²) in [6, 6.07) is 12.7. The molecule has 1 aliphatic rings. The molecule has 1 unspecified atom stereocenters. The number of aliphatic hydroxyl groups is 1. The van der Waals surface area contributed by atoms with Crippen LogP contribution >= 0.6 is 0 Å². The molecule has 2 aromatic rings. The highest BCUT2D eigenvalue weighted by molar-refractivity contribution is 5.95. The zero-order chi connectivity index (χ0) is 49.7. The summed E-state index contributed by atoms with van der Waals surface area (Å²) >= 11 is 0. The first kappa shape index (κ1) is 56.5. The van der Waals surface area contributed by atoms with E-state index in [0.717, 1.165) is 94.6 Å². The lowest BCUT2D eigenvalue weighted by Gasteiger charge is -2.32. The summed E-state index contributed by atoms with van der Waals surface area (Å²) in [6.45, 7) is 1.41. The first-order valence-electron chi connectivity index (χ1n) is 24.7. The van der Waals surface area contributed by atoms with Gasteiger partial charge in [-0.1, -0.05) is 144 Å². The van der Waals surface area contributed by atoms with Gasteiger partial charge in [0.05, 0.1) is 12.5 Å². The van der Waals surface area contributed by atoms with Crippen LogP contribution in [0.2, 0.25) is 0 Å². The van der Waals surface area contributed by atoms with E-state index in [1.807, 2.05) is 60.7 Å². The molecule has 2 aromatic carbocycles. The summed E-state index contributed by atoms with van der Waals surface area (Å²) in [7, 11) is 0. The molecule has 7 amide bonds. The minimum Gasteiger partial charge on any atom is -0.480 e. The molecule has 1 aliphatic carbocycles. The molecule has 17 nitrogen and oxygen atoms in total. The summed E-state index contributed by atoms with van der Waals surface area (Å²) in [6.07, 6.45) is 14.8. The summed E-state index contributed by atoms with van der Waals surface area (Å²) < 4.78 is 0. The Balaban J connectivity index is 1.27. The number of carboxylic acids is 1. The number of nitrogens with one attached hydrogen (secondary N) is 5. The first-order chi connectivity index (χ1) is 32.6. The van der Waals surface area contributed by atoms with Crippen LogP contribution < -0.4 is 38.1 Å². The highest BCUT2D eigenvalue weighted by atomic mass is 16.4. The zero-order valence-electron chi connectivity index (χ0n) is 39.9. The Kier molecular flexibility index (Phi) is 26.6. The fraction of sp³-hybridized carbons (Fsp3) is 0.608. The van der Waals surface area contributed by atoms with Crippen LogP contribution in [0.3, 0.4) is 0 Å². The number of unbranched alkanes of at least 4 members (excludes halogenated alkanes) is 11. The zero-order valence-corrected chi connectivity index (χ0v) is 39.9. The number of hydrogen-bond donors (Lipinski definition) is 9. The van der Waals surface area contributed by atoms with Crippen molar-refractivity contribution in [3.63, 3.8) is 0 Å². The van der Waals surface area contributed by atoms with E-state index in [-0.39, 0.29) is 37.5 Å². The van der Waals surface area contributed by atoms with Crippen molar-refractivity contribution in [1.29, 1.82) is 0 Å². The molecule has 0 aromatic heterocycles. The molecule has 376 valence electrons. The Labute approximate surface area is 401 Å². The van der Waals surface area contributed by atoms with Gasteiger partial charge in [-0.15, -0.1) is 0 Å². The fourth-order valence-electron chi connectivity index (χ4n) is 8.59. The quantitative estimate of drug-likeness (QED) is 0.0452. The van der Waals surface area contributed by atoms with Gasteiger partial charge in [0.2, 0.25) is 41.4 Å². The second-order valence-corrected chi connectivity index (χ2v) is 18.3. The van der Waals surface area contributed by atoms with E-state index in [0.29, 0.717) is 32.1 Å². The van der Waals surface area contributed by atoms with Crippen LogP contribution in [-0.4, -0.2) is 93.8 Å². The predicted molar refractivity (Wildman–Crippen MR) is 258 cm³/mol. The Bertz CT molecular complexity index is 1880. The molecule has 1 fully saturated rings. The van der Waals surface area contributed by atoms with Gasteiger partial charge in [-0.2, -0.15) is 0 Å². The first-order valence-corrected chi connectivity index (χ1v) is 24.7. The van der Waals surface area contributed by atoms with Gasteiger partial charge in [0.1, 0.15) is 30.2 Å². The van der Waals surface area contributed by atoms with E-state index in [1.54, 1.807) is 0 Å². The number of benzene rings is 2. The molecule has 3 rings (SSSR count). The molecule has 68 heavy (non-hydrogen) atoms. The van der Waals surface area contributed by atoms with E-state index in [2.05, 4.69) is 26.6 Å². The van der Waals surface area contributed by atoms with Crippen molar-refractivity contribution in [1.82, 2.24) is 26.6 Å². The van der Waals surface area contributed by atoms with Crippen molar-refractivity contribution in [2.45, 2.75) is 191 Å². The number of aryl methyl sites for hydroxylation is 1. The molecule has 11 N–H and O–H groups in total. The van der Waals surface area contributed by atoms with Crippen LogP contribution in [0.15, 0.2) is 60.7 Å². The van der Waals surface area contributed by atoms with Crippen molar-refractivity contribution < 1.29 is 48.6 Å². The third kappa shape index (κ3) is 22.8. The Morgan fingerprint density at radius 2 is 1.06 bits per heavy atom. The minimum absolute atomic E-state index is 0.136. The molecule has 1 saturated carbocycles. The molecule has 0 spiro atoms. The number of nitrogens with two attached hydrogens (primary N) is 2. The molecule has 17 heteroatoms. The summed E-state index contributed by atoms with van der Waals surface area (Å²) in [5.41, 5.74) is 12.7. The topological polar surface area (TPSA) is 289 Å². The van der Waals surface area contributed by atoms with E-state index in [1.165, 1.54) is 6.92 Å². The number of aliphatic hydroxyl groups excluding tert-OH is 1. The van der Waals surface area contributed by atoms with Gasteiger partial charge in [0.25, 0.3) is 0 Å². The van der Waals surface area contributed by atoms with Gasteiger partial charge >= 0.3 is 5.97 Å². The maximum Gasteiger partial charge on any atom is 0.326 e. The van der Waals surface area contributed by atoms with Gasteiger partial charge in [-0.3, -0.25) is 33.6 Å². The minimum atomic E-state index is -1.27. The van der Waals surface area contributed by atoms with Gasteiger partial charge in [-0.05, 0) is 62.5 Å². The van der Waals surface area contributed by atoms with E-state index in [9.17, 15) is 48.6 Å². The van der Waals surface area contributed by atoms with Crippen molar-refractivity contribution in [2.75, 3.05) is 0 Å². The second kappa shape index (κ2) is 32.0. The third-order valence-corrected chi connectivity index (χ3v) is 12.5. The monoisotopic (exact) mass is 948 g/mol. The number of primary amides is 2. The van der Waals surface area contributed by atoms with Crippen LogP contribution in [0.25, 0.3) is 0 Å². The average Bonchev–Trinajstić information content (AvgIpc) is 3.31. The smallest absolute Gasteiger partial charge is 0.326 e. The number of rotatable bonds is 34. The molecular weight excluding hydrogens is 871 g/mol. The SMILES string of the molecule is CC(O)[C@H](NC(=O)CCCCCCCCCCCCCCC(=O)N[C@@H](CC(N)=O)C(=O)N[C@@H](CCc1ccccc1)C(=O)O)C(=O)N[C@H](C(=O)N[C@@H](Cc1ccccc1)C(N)=O)C1CCCCC1. The molecule has 0 aliphatic heterocycles. The Morgan fingerprint density at radius 1 is 0.574 bits per heavy atom. The van der Waals surface area contributed by atoms with Crippen LogP contribution in [-0.2, 0) is 51.2 Å². The second-order valence-electron chi connectivity index (χ2n) is 18.3. The van der Waals surface area contributed by atoms with Crippen molar-refractivity contribution >= 4 is 47.3 Å². The standard InChI is InChI=1S/C51H77N7O10/c1-35(59)45(49(65)58-46(38-27-19-14-20-28-38)50(66)56-40(47(53)63)33-37-25-17-13-18-26-37)57-44(62)30-22-11-9-7-5-3-2-4-6-8-10-21-29-43(61)54-41(34-42(52)60)48(64)55-39(51(67)68)32-31-36-23-15-12-16-24-36/h12-13,15-18,23-26,35,38-41,45-46,59H,2-11,14,19-22,27-34H2,1H3,(H2,52,60)(H2,53,63)(H,54,61)(H,55,64)(H,56,66)(H,57,62)(H,58,65)(H,67,68)/t35?,39-,40-,41-,45-,46-/m0/s1. The molecule has 0 heterocycles. The van der Waals surface area contributed by atoms with Crippen LogP contribution in [0.4, 0.5) is 0 Å².